The van der Waals surface area contributed by atoms with Gasteiger partial charge in [0.25, 0.3) is 5.91 Å². The number of nitrogens with one attached hydrogen (secondary N) is 1. The summed E-state index contributed by atoms with van der Waals surface area (Å²) in [6.07, 6.45) is 0.620. The summed E-state index contributed by atoms with van der Waals surface area (Å²) in [5.41, 5.74) is 0. The monoisotopic (exact) mass is 319 g/mol. The van der Waals surface area contributed by atoms with Gasteiger partial charge in [0.1, 0.15) is 0 Å². The topological polar surface area (TPSA) is 58.6 Å². The molecule has 4 nitrogen and oxygen atoms in total. The van der Waals surface area contributed by atoms with Crippen molar-refractivity contribution in [3.8, 4) is 5.75 Å². The minimum atomic E-state index is -0.536. The van der Waals surface area contributed by atoms with Crippen LogP contribution in [0.2, 0.25) is 0 Å². The average Bonchev–Trinajstić information content (AvgIpc) is 2.35. The summed E-state index contributed by atoms with van der Waals surface area (Å²) in [4.78, 5) is 11.4. The van der Waals surface area contributed by atoms with E-state index in [1.165, 1.54) is 12.1 Å². The highest BCUT2D eigenvalue weighted by Crippen LogP contribution is 2.21. The number of aliphatic hydroxyl groups excluding tert-OH is 1. The van der Waals surface area contributed by atoms with Crippen LogP contribution in [0, 0.1) is 5.82 Å². The lowest BCUT2D eigenvalue weighted by Crippen LogP contribution is -2.39. The van der Waals surface area contributed by atoms with E-state index in [4.69, 9.17) is 9.84 Å². The Morgan fingerprint density at radius 3 is 2.89 bits per heavy atom. The van der Waals surface area contributed by atoms with Crippen LogP contribution >= 0.6 is 15.9 Å². The van der Waals surface area contributed by atoms with Crippen molar-refractivity contribution in [1.29, 1.82) is 0 Å². The third kappa shape index (κ3) is 4.62. The van der Waals surface area contributed by atoms with E-state index in [0.717, 1.165) is 0 Å². The number of hydrogen-bond acceptors (Lipinski definition) is 3. The molecule has 1 rings (SSSR count). The van der Waals surface area contributed by atoms with Crippen molar-refractivity contribution in [1.82, 2.24) is 5.32 Å². The zero-order chi connectivity index (χ0) is 13.5. The highest BCUT2D eigenvalue weighted by molar-refractivity contribution is 9.10. The lowest BCUT2D eigenvalue weighted by molar-refractivity contribution is -0.124. The number of rotatable bonds is 6. The van der Waals surface area contributed by atoms with E-state index in [1.54, 1.807) is 6.07 Å². The summed E-state index contributed by atoms with van der Waals surface area (Å²) >= 11 is 3.13. The third-order valence-corrected chi connectivity index (χ3v) is 2.82. The molecule has 1 aromatic carbocycles. The van der Waals surface area contributed by atoms with Crippen molar-refractivity contribution >= 4 is 21.8 Å². The summed E-state index contributed by atoms with van der Waals surface area (Å²) in [6.45, 7) is 1.43. The van der Waals surface area contributed by atoms with Crippen molar-refractivity contribution in [2.75, 3.05) is 13.2 Å². The van der Waals surface area contributed by atoms with Gasteiger partial charge in [-0.25, -0.2) is 4.39 Å². The molecule has 0 heterocycles. The molecule has 0 aromatic heterocycles. The average molecular weight is 320 g/mol. The molecule has 1 aromatic rings. The molecule has 100 valence electrons. The van der Waals surface area contributed by atoms with Gasteiger partial charge in [0, 0.05) is 4.47 Å². The molecule has 0 aliphatic carbocycles. The van der Waals surface area contributed by atoms with E-state index in [-0.39, 0.29) is 25.0 Å². The number of hydrogen-bond donors (Lipinski definition) is 2. The SMILES string of the molecule is CC[C@H](CO)NC(=O)COc1ccc(Br)cc1F. The van der Waals surface area contributed by atoms with E-state index < -0.39 is 11.7 Å². The normalized spacial score (nSPS) is 12.0. The predicted molar refractivity (Wildman–Crippen MR) is 68.9 cm³/mol. The summed E-state index contributed by atoms with van der Waals surface area (Å²) in [5.74, 6) is -0.907. The highest BCUT2D eigenvalue weighted by Gasteiger charge is 2.11. The second-order valence-corrected chi connectivity index (χ2v) is 4.63. The van der Waals surface area contributed by atoms with E-state index in [1.807, 2.05) is 6.92 Å². The molecule has 0 aliphatic rings. The molecule has 1 amide bonds. The van der Waals surface area contributed by atoms with Crippen LogP contribution in [0.3, 0.4) is 0 Å². The summed E-state index contributed by atoms with van der Waals surface area (Å²) < 4.78 is 19.0. The van der Waals surface area contributed by atoms with E-state index in [2.05, 4.69) is 21.2 Å². The van der Waals surface area contributed by atoms with Gasteiger partial charge in [-0.3, -0.25) is 4.79 Å². The lowest BCUT2D eigenvalue weighted by Gasteiger charge is -2.14. The largest absolute Gasteiger partial charge is 0.481 e. The fourth-order valence-corrected chi connectivity index (χ4v) is 1.61. The van der Waals surface area contributed by atoms with Gasteiger partial charge in [-0.2, -0.15) is 0 Å². The minimum absolute atomic E-state index is 0.0189. The molecule has 18 heavy (non-hydrogen) atoms. The van der Waals surface area contributed by atoms with Gasteiger partial charge in [-0.05, 0) is 24.6 Å². The summed E-state index contributed by atoms with van der Waals surface area (Å²) in [7, 11) is 0. The zero-order valence-electron chi connectivity index (χ0n) is 9.95. The second kappa shape index (κ2) is 7.33. The molecule has 6 heteroatoms. The van der Waals surface area contributed by atoms with Crippen LogP contribution < -0.4 is 10.1 Å². The Morgan fingerprint density at radius 2 is 2.33 bits per heavy atom. The molecular weight excluding hydrogens is 305 g/mol. The van der Waals surface area contributed by atoms with Gasteiger partial charge < -0.3 is 15.2 Å². The van der Waals surface area contributed by atoms with Crippen LogP contribution in [0.1, 0.15) is 13.3 Å². The molecule has 0 unspecified atom stereocenters. The van der Waals surface area contributed by atoms with Gasteiger partial charge in [-0.1, -0.05) is 22.9 Å². The van der Waals surface area contributed by atoms with Crippen LogP contribution in [0.5, 0.6) is 5.75 Å². The van der Waals surface area contributed by atoms with Crippen molar-refractivity contribution in [2.24, 2.45) is 0 Å². The van der Waals surface area contributed by atoms with Crippen molar-refractivity contribution in [2.45, 2.75) is 19.4 Å². The molecule has 0 spiro atoms. The smallest absolute Gasteiger partial charge is 0.258 e. The number of benzene rings is 1. The van der Waals surface area contributed by atoms with Crippen LogP contribution in [0.25, 0.3) is 0 Å². The summed E-state index contributed by atoms with van der Waals surface area (Å²) in [5, 5.41) is 11.5. The number of carbonyl (C=O) groups excluding carboxylic acids is 1. The molecule has 1 atom stereocenters. The Kier molecular flexibility index (Phi) is 6.07. The first-order valence-electron chi connectivity index (χ1n) is 5.54. The minimum Gasteiger partial charge on any atom is -0.481 e. The van der Waals surface area contributed by atoms with Crippen molar-refractivity contribution < 1.29 is 19.0 Å². The number of amides is 1. The quantitative estimate of drug-likeness (QED) is 0.841. The Balaban J connectivity index is 2.47. The lowest BCUT2D eigenvalue weighted by atomic mass is 10.2. The van der Waals surface area contributed by atoms with Gasteiger partial charge in [-0.15, -0.1) is 0 Å². The van der Waals surface area contributed by atoms with Gasteiger partial charge in [0.2, 0.25) is 0 Å². The standard InChI is InChI=1S/C12H15BrFNO3/c1-2-9(6-16)15-12(17)7-18-11-4-3-8(13)5-10(11)14/h3-5,9,16H,2,6-7H2,1H3,(H,15,17)/t9-/m1/s1. The number of carbonyl (C=O) groups is 1. The van der Waals surface area contributed by atoms with Gasteiger partial charge >= 0.3 is 0 Å². The number of ether oxygens (including phenoxy) is 1. The zero-order valence-corrected chi connectivity index (χ0v) is 11.5. The highest BCUT2D eigenvalue weighted by atomic mass is 79.9. The maximum Gasteiger partial charge on any atom is 0.258 e. The Bertz CT molecular complexity index is 410. The van der Waals surface area contributed by atoms with Crippen LogP contribution in [0.15, 0.2) is 22.7 Å². The first kappa shape index (κ1) is 14.9. The van der Waals surface area contributed by atoms with E-state index in [0.29, 0.717) is 10.9 Å². The van der Waals surface area contributed by atoms with E-state index >= 15 is 0 Å². The second-order valence-electron chi connectivity index (χ2n) is 3.72. The third-order valence-electron chi connectivity index (χ3n) is 2.33. The van der Waals surface area contributed by atoms with Crippen LogP contribution in [-0.2, 0) is 4.79 Å². The first-order chi connectivity index (χ1) is 8.56. The van der Waals surface area contributed by atoms with Gasteiger partial charge in [0.05, 0.1) is 12.6 Å². The Hall–Kier alpha value is -1.14. The first-order valence-corrected chi connectivity index (χ1v) is 6.34. The molecule has 0 aliphatic heterocycles. The molecule has 2 N–H and O–H groups in total. The Labute approximate surface area is 113 Å². The molecular formula is C12H15BrFNO3. The fraction of sp³-hybridized carbons (Fsp3) is 0.417. The predicted octanol–water partition coefficient (Wildman–Crippen LogP) is 1.85. The molecule has 0 bridgehead atoms. The molecule has 0 radical (unpaired) electrons. The number of halogens is 2. The van der Waals surface area contributed by atoms with Crippen molar-refractivity contribution in [3.63, 3.8) is 0 Å². The fourth-order valence-electron chi connectivity index (χ4n) is 1.28. The molecule has 0 saturated heterocycles. The number of aliphatic hydroxyl groups is 1. The maximum atomic E-state index is 13.4. The maximum absolute atomic E-state index is 13.4. The molecule has 0 fully saturated rings. The Morgan fingerprint density at radius 1 is 1.61 bits per heavy atom. The van der Waals surface area contributed by atoms with Crippen molar-refractivity contribution in [3.05, 3.63) is 28.5 Å². The van der Waals surface area contributed by atoms with Crippen LogP contribution in [0.4, 0.5) is 4.39 Å². The van der Waals surface area contributed by atoms with Crippen LogP contribution in [-0.4, -0.2) is 30.3 Å². The molecule has 0 saturated carbocycles. The van der Waals surface area contributed by atoms with E-state index in [9.17, 15) is 9.18 Å². The summed E-state index contributed by atoms with van der Waals surface area (Å²) in [6, 6.07) is 4.03. The van der Waals surface area contributed by atoms with Gasteiger partial charge in [0.15, 0.2) is 18.2 Å².